The van der Waals surface area contributed by atoms with Crippen LogP contribution in [0.4, 0.5) is 0 Å². The van der Waals surface area contributed by atoms with Crippen LogP contribution in [0.5, 0.6) is 5.75 Å². The van der Waals surface area contributed by atoms with Crippen molar-refractivity contribution < 1.29 is 14.3 Å². The van der Waals surface area contributed by atoms with Crippen LogP contribution in [0.2, 0.25) is 0 Å². The Kier molecular flexibility index (Phi) is 6.11. The highest BCUT2D eigenvalue weighted by Gasteiger charge is 2.33. The summed E-state index contributed by atoms with van der Waals surface area (Å²) in [6, 6.07) is 7.88. The Bertz CT molecular complexity index is 1130. The summed E-state index contributed by atoms with van der Waals surface area (Å²) < 4.78 is 13.9. The number of rotatable bonds is 7. The molecule has 1 atom stereocenters. The van der Waals surface area contributed by atoms with Crippen LogP contribution >= 0.6 is 11.3 Å². The molecule has 0 N–H and O–H groups in total. The lowest BCUT2D eigenvalue weighted by molar-refractivity contribution is 0.0632. The van der Waals surface area contributed by atoms with Gasteiger partial charge in [0.05, 0.1) is 29.5 Å². The summed E-state index contributed by atoms with van der Waals surface area (Å²) in [6.07, 6.45) is 3.74. The number of pyridine rings is 1. The Morgan fingerprint density at radius 1 is 1.30 bits per heavy atom. The van der Waals surface area contributed by atoms with Crippen molar-refractivity contribution in [1.29, 1.82) is 0 Å². The molecule has 0 bridgehead atoms. The highest BCUT2D eigenvalue weighted by Crippen LogP contribution is 2.41. The van der Waals surface area contributed by atoms with Crippen molar-refractivity contribution in [2.75, 3.05) is 26.9 Å². The largest absolute Gasteiger partial charge is 0.491 e. The van der Waals surface area contributed by atoms with E-state index < -0.39 is 0 Å². The quantitative estimate of drug-likeness (QED) is 0.530. The molecule has 0 spiro atoms. The number of hydrogen-bond acceptors (Lipinski definition) is 5. The first-order chi connectivity index (χ1) is 14.6. The number of fused-ring (bicyclic) bond motifs is 3. The minimum Gasteiger partial charge on any atom is -0.491 e. The minimum absolute atomic E-state index is 0.0617. The number of carbonyl (C=O) groups is 1. The number of likely N-dealkylation sites (tertiary alicyclic amines) is 1. The first-order valence-corrected chi connectivity index (χ1v) is 11.4. The monoisotopic (exact) mass is 428 g/mol. The zero-order chi connectivity index (χ0) is 21.3. The molecule has 1 amide bonds. The maximum absolute atomic E-state index is 13.6. The number of thiophene rings is 1. The molecule has 6 nitrogen and oxygen atoms in total. The summed E-state index contributed by atoms with van der Waals surface area (Å²) in [5.41, 5.74) is 0.731. The van der Waals surface area contributed by atoms with Gasteiger partial charge < -0.3 is 18.9 Å². The van der Waals surface area contributed by atoms with E-state index in [0.717, 1.165) is 41.3 Å². The van der Waals surface area contributed by atoms with Crippen molar-refractivity contribution >= 4 is 38.2 Å². The van der Waals surface area contributed by atoms with Gasteiger partial charge in [-0.1, -0.05) is 31.5 Å². The van der Waals surface area contributed by atoms with Crippen LogP contribution in [-0.4, -0.2) is 48.3 Å². The van der Waals surface area contributed by atoms with Gasteiger partial charge in [-0.05, 0) is 25.3 Å². The number of para-hydroxylation sites is 1. The van der Waals surface area contributed by atoms with Crippen LogP contribution in [0.1, 0.15) is 42.3 Å². The van der Waals surface area contributed by atoms with Crippen LogP contribution in [0.25, 0.3) is 21.0 Å². The Labute approximate surface area is 180 Å². The third-order valence-electron chi connectivity index (χ3n) is 5.83. The van der Waals surface area contributed by atoms with Crippen LogP contribution in [-0.2, 0) is 11.8 Å². The molecule has 4 rings (SSSR count). The van der Waals surface area contributed by atoms with Gasteiger partial charge >= 0.3 is 0 Å². The van der Waals surface area contributed by atoms with E-state index in [-0.39, 0.29) is 17.5 Å². The summed E-state index contributed by atoms with van der Waals surface area (Å²) in [5.74, 6) is 0.385. The lowest BCUT2D eigenvalue weighted by Crippen LogP contribution is -2.37. The van der Waals surface area contributed by atoms with E-state index in [1.807, 2.05) is 29.2 Å². The topological polar surface area (TPSA) is 60.8 Å². The standard InChI is InChI=1S/C23H28N2O4S/c1-4-5-13-29-19-18-20(16-10-6-7-11-17(16)24(2)22(18)26)30-21(19)23(27)25-12-8-9-15(25)14-28-3/h6-7,10-11,15H,4-5,8-9,12-14H2,1-3H3/t15-/m1/s1. The fourth-order valence-electron chi connectivity index (χ4n) is 4.23. The number of aromatic nitrogens is 1. The van der Waals surface area contributed by atoms with Crippen molar-refractivity contribution in [2.45, 2.75) is 38.6 Å². The van der Waals surface area contributed by atoms with Gasteiger partial charge in [0, 0.05) is 26.1 Å². The van der Waals surface area contributed by atoms with Crippen molar-refractivity contribution in [3.05, 3.63) is 39.5 Å². The third-order valence-corrected chi connectivity index (χ3v) is 7.02. The number of amides is 1. The second-order valence-electron chi connectivity index (χ2n) is 7.80. The zero-order valence-corrected chi connectivity index (χ0v) is 18.6. The fraction of sp³-hybridized carbons (Fsp3) is 0.478. The molecule has 0 aliphatic carbocycles. The molecule has 2 aromatic heterocycles. The smallest absolute Gasteiger partial charge is 0.268 e. The molecular formula is C23H28N2O4S. The van der Waals surface area contributed by atoms with E-state index in [4.69, 9.17) is 9.47 Å². The van der Waals surface area contributed by atoms with E-state index >= 15 is 0 Å². The van der Waals surface area contributed by atoms with Gasteiger partial charge in [0.15, 0.2) is 5.75 Å². The van der Waals surface area contributed by atoms with Crippen LogP contribution in [0, 0.1) is 0 Å². The van der Waals surface area contributed by atoms with Gasteiger partial charge in [-0.2, -0.15) is 0 Å². The summed E-state index contributed by atoms with van der Waals surface area (Å²) in [6.45, 7) is 3.80. The first-order valence-electron chi connectivity index (χ1n) is 10.5. The number of benzene rings is 1. The highest BCUT2D eigenvalue weighted by molar-refractivity contribution is 7.22. The number of hydrogen-bond donors (Lipinski definition) is 0. The van der Waals surface area contributed by atoms with Crippen molar-refractivity contribution in [2.24, 2.45) is 7.05 Å². The molecule has 0 unspecified atom stereocenters. The number of nitrogens with zero attached hydrogens (tertiary/aromatic N) is 2. The van der Waals surface area contributed by atoms with Gasteiger partial charge in [0.2, 0.25) is 0 Å². The molecule has 7 heteroatoms. The predicted octanol–water partition coefficient (Wildman–Crippen LogP) is 4.18. The number of ether oxygens (including phenoxy) is 2. The number of aryl methyl sites for hydroxylation is 1. The summed E-state index contributed by atoms with van der Waals surface area (Å²) in [7, 11) is 3.43. The molecule has 30 heavy (non-hydrogen) atoms. The minimum atomic E-state index is -0.125. The van der Waals surface area contributed by atoms with Gasteiger partial charge in [-0.3, -0.25) is 9.59 Å². The molecule has 1 saturated heterocycles. The van der Waals surface area contributed by atoms with Gasteiger partial charge in [-0.15, -0.1) is 11.3 Å². The molecule has 160 valence electrons. The number of carbonyl (C=O) groups excluding carboxylic acids is 1. The molecule has 1 aliphatic rings. The van der Waals surface area contributed by atoms with E-state index in [1.165, 1.54) is 11.3 Å². The van der Waals surface area contributed by atoms with E-state index in [0.29, 0.717) is 35.8 Å². The van der Waals surface area contributed by atoms with Crippen LogP contribution in [0.15, 0.2) is 29.1 Å². The lowest BCUT2D eigenvalue weighted by Gasteiger charge is -2.24. The maximum Gasteiger partial charge on any atom is 0.268 e. The Balaban J connectivity index is 1.91. The third kappa shape index (κ3) is 3.50. The van der Waals surface area contributed by atoms with Gasteiger partial charge in [-0.25, -0.2) is 0 Å². The van der Waals surface area contributed by atoms with Crippen LogP contribution in [0.3, 0.4) is 0 Å². The van der Waals surface area contributed by atoms with E-state index in [9.17, 15) is 9.59 Å². The van der Waals surface area contributed by atoms with Crippen LogP contribution < -0.4 is 10.3 Å². The summed E-state index contributed by atoms with van der Waals surface area (Å²) in [5, 5.41) is 1.48. The molecule has 3 heterocycles. The number of unbranched alkanes of at least 4 members (excludes halogenated alkanes) is 1. The Morgan fingerprint density at radius 2 is 2.10 bits per heavy atom. The molecule has 1 fully saturated rings. The van der Waals surface area contributed by atoms with E-state index in [1.54, 1.807) is 18.7 Å². The predicted molar refractivity (Wildman–Crippen MR) is 121 cm³/mol. The van der Waals surface area contributed by atoms with Gasteiger partial charge in [0.25, 0.3) is 11.5 Å². The molecule has 1 aliphatic heterocycles. The lowest BCUT2D eigenvalue weighted by atomic mass is 10.1. The van der Waals surface area contributed by atoms with Crippen molar-refractivity contribution in [3.63, 3.8) is 0 Å². The van der Waals surface area contributed by atoms with E-state index in [2.05, 4.69) is 6.92 Å². The maximum atomic E-state index is 13.6. The second-order valence-corrected chi connectivity index (χ2v) is 8.82. The second kappa shape index (κ2) is 8.78. The first kappa shape index (κ1) is 20.9. The zero-order valence-electron chi connectivity index (χ0n) is 17.8. The van der Waals surface area contributed by atoms with Crippen molar-refractivity contribution in [3.8, 4) is 5.75 Å². The molecule has 0 radical (unpaired) electrons. The summed E-state index contributed by atoms with van der Waals surface area (Å²) >= 11 is 1.38. The fourth-order valence-corrected chi connectivity index (χ4v) is 5.46. The highest BCUT2D eigenvalue weighted by atomic mass is 32.1. The number of methoxy groups -OCH3 is 1. The SMILES string of the molecule is CCCCOc1c(C(=O)N2CCC[C@@H]2COC)sc2c1c(=O)n(C)c1ccccc21. The molecule has 3 aromatic rings. The van der Waals surface area contributed by atoms with Gasteiger partial charge in [0.1, 0.15) is 10.3 Å². The average Bonchev–Trinajstić information content (AvgIpc) is 3.37. The Hall–Kier alpha value is -2.38. The average molecular weight is 429 g/mol. The molecule has 0 saturated carbocycles. The molecule has 1 aromatic carbocycles. The summed E-state index contributed by atoms with van der Waals surface area (Å²) in [4.78, 5) is 29.3. The molecular weight excluding hydrogens is 400 g/mol. The Morgan fingerprint density at radius 3 is 2.87 bits per heavy atom. The van der Waals surface area contributed by atoms with Crippen molar-refractivity contribution in [1.82, 2.24) is 9.47 Å². The normalized spacial score (nSPS) is 16.6.